The molecule has 0 unspecified atom stereocenters. The van der Waals surface area contributed by atoms with Gasteiger partial charge in [0.05, 0.1) is 22.8 Å². The van der Waals surface area contributed by atoms with E-state index in [0.717, 1.165) is 24.2 Å². The van der Waals surface area contributed by atoms with E-state index in [4.69, 9.17) is 9.97 Å². The van der Waals surface area contributed by atoms with Crippen LogP contribution in [0.1, 0.15) is 203 Å². The molecule has 4 rings (SSSR count). The average Bonchev–Trinajstić information content (AvgIpc) is 3.37. The van der Waals surface area contributed by atoms with E-state index in [1.165, 1.54) is 175 Å². The molecule has 0 radical (unpaired) electrons. The van der Waals surface area contributed by atoms with Crippen molar-refractivity contribution >= 4 is 0 Å². The number of hydrogen-bond acceptors (Lipinski definition) is 2. The predicted molar refractivity (Wildman–Crippen MR) is 215 cm³/mol. The van der Waals surface area contributed by atoms with Crippen LogP contribution in [-0.2, 0) is 18.3 Å². The molecule has 1 aliphatic rings. The van der Waals surface area contributed by atoms with Gasteiger partial charge in [-0.1, -0.05) is 179 Å². The maximum Gasteiger partial charge on any atom is 0.0920 e. The van der Waals surface area contributed by atoms with E-state index in [1.54, 1.807) is 11.1 Å². The van der Waals surface area contributed by atoms with Gasteiger partial charge in [0.15, 0.2) is 0 Å². The highest BCUT2D eigenvalue weighted by Crippen LogP contribution is 2.55. The van der Waals surface area contributed by atoms with Gasteiger partial charge in [-0.3, -0.25) is 4.98 Å². The van der Waals surface area contributed by atoms with Crippen molar-refractivity contribution in [3.8, 4) is 22.4 Å². The Morgan fingerprint density at radius 1 is 0.469 bits per heavy atom. The van der Waals surface area contributed by atoms with Gasteiger partial charge in [-0.15, -0.1) is 0 Å². The molecule has 0 N–H and O–H groups in total. The molecule has 3 aromatic rings. The summed E-state index contributed by atoms with van der Waals surface area (Å²) in [5, 5.41) is 0. The number of hydrogen-bond donors (Lipinski definition) is 0. The lowest BCUT2D eigenvalue weighted by Crippen LogP contribution is -2.26. The number of unbranched alkanes of at least 4 members (excludes halogenated alkanes) is 16. The van der Waals surface area contributed by atoms with Crippen molar-refractivity contribution in [2.45, 2.75) is 201 Å². The predicted octanol–water partition coefficient (Wildman–Crippen LogP) is 14.8. The van der Waals surface area contributed by atoms with Crippen molar-refractivity contribution in [3.05, 3.63) is 70.2 Å². The minimum atomic E-state index is 0.0885. The number of aryl methyl sites for hydroxylation is 4. The van der Waals surface area contributed by atoms with Crippen molar-refractivity contribution < 1.29 is 0 Å². The summed E-state index contributed by atoms with van der Waals surface area (Å²) in [5.74, 6) is 0. The second-order valence-corrected chi connectivity index (χ2v) is 15.6. The first kappa shape index (κ1) is 39.3. The molecule has 1 heterocycles. The lowest BCUT2D eigenvalue weighted by molar-refractivity contribution is 0.398. The molecule has 0 spiro atoms. The number of nitrogens with zero attached hydrogens (tertiary/aromatic N) is 2. The number of rotatable bonds is 25. The summed E-state index contributed by atoms with van der Waals surface area (Å²) in [6.45, 7) is 13.7. The highest BCUT2D eigenvalue weighted by Gasteiger charge is 2.42. The topological polar surface area (TPSA) is 25.8 Å². The Labute approximate surface area is 302 Å². The van der Waals surface area contributed by atoms with Crippen molar-refractivity contribution in [1.82, 2.24) is 9.97 Å². The van der Waals surface area contributed by atoms with E-state index >= 15 is 0 Å². The highest BCUT2D eigenvalue weighted by atomic mass is 14.8. The molecule has 270 valence electrons. The van der Waals surface area contributed by atoms with Crippen molar-refractivity contribution in [3.63, 3.8) is 0 Å². The van der Waals surface area contributed by atoms with Gasteiger partial charge in [-0.2, -0.15) is 0 Å². The Morgan fingerprint density at radius 3 is 1.51 bits per heavy atom. The van der Waals surface area contributed by atoms with Gasteiger partial charge in [0.2, 0.25) is 0 Å². The second-order valence-electron chi connectivity index (χ2n) is 15.6. The number of aromatic nitrogens is 2. The molecule has 1 aromatic heterocycles. The first-order chi connectivity index (χ1) is 24.0. The monoisotopic (exact) mass is 665 g/mol. The summed E-state index contributed by atoms with van der Waals surface area (Å²) in [4.78, 5) is 10.9. The molecule has 0 atom stereocenters. The summed E-state index contributed by atoms with van der Waals surface area (Å²) < 4.78 is 0. The van der Waals surface area contributed by atoms with Crippen LogP contribution in [0.5, 0.6) is 0 Å². The van der Waals surface area contributed by atoms with Crippen LogP contribution in [0.3, 0.4) is 0 Å². The smallest absolute Gasteiger partial charge is 0.0920 e. The van der Waals surface area contributed by atoms with Crippen molar-refractivity contribution in [1.29, 1.82) is 0 Å². The molecule has 0 saturated carbocycles. The van der Waals surface area contributed by atoms with Gasteiger partial charge in [0.1, 0.15) is 0 Å². The summed E-state index contributed by atoms with van der Waals surface area (Å²) in [6, 6.07) is 14.8. The number of fused-ring (bicyclic) bond motifs is 3. The molecule has 0 fully saturated rings. The van der Waals surface area contributed by atoms with Crippen molar-refractivity contribution in [2.24, 2.45) is 0 Å². The van der Waals surface area contributed by atoms with E-state index < -0.39 is 0 Å². The SMILES string of the molecule is CCCCCCCCC1(CCCCCCCC)c2cc(C)ccc2-c2ccc(-c3nc(C)c(CCCCCC)nc3CCCCCC)cc21. The second kappa shape index (κ2) is 21.0. The summed E-state index contributed by atoms with van der Waals surface area (Å²) in [7, 11) is 0. The zero-order chi connectivity index (χ0) is 34.9. The Kier molecular flexibility index (Phi) is 16.9. The van der Waals surface area contributed by atoms with E-state index in [9.17, 15) is 0 Å². The Bertz CT molecular complexity index is 1390. The van der Waals surface area contributed by atoms with Gasteiger partial charge in [-0.05, 0) is 80.7 Å². The molecule has 1 aliphatic carbocycles. The molecule has 0 aliphatic heterocycles. The maximum absolute atomic E-state index is 5.43. The van der Waals surface area contributed by atoms with Crippen LogP contribution in [-0.4, -0.2) is 9.97 Å². The zero-order valence-electron chi connectivity index (χ0n) is 32.8. The fourth-order valence-electron chi connectivity index (χ4n) is 8.51. The molecule has 2 nitrogen and oxygen atoms in total. The van der Waals surface area contributed by atoms with Crippen LogP contribution in [0, 0.1) is 13.8 Å². The van der Waals surface area contributed by atoms with Gasteiger partial charge in [-0.25, -0.2) is 4.98 Å². The molecule has 49 heavy (non-hydrogen) atoms. The Morgan fingerprint density at radius 2 is 0.939 bits per heavy atom. The van der Waals surface area contributed by atoms with Crippen molar-refractivity contribution in [2.75, 3.05) is 0 Å². The fourth-order valence-corrected chi connectivity index (χ4v) is 8.51. The molecule has 0 saturated heterocycles. The third-order valence-corrected chi connectivity index (χ3v) is 11.5. The van der Waals surface area contributed by atoms with E-state index in [1.807, 2.05) is 0 Å². The van der Waals surface area contributed by atoms with Crippen LogP contribution in [0.15, 0.2) is 36.4 Å². The van der Waals surface area contributed by atoms with E-state index in [0.29, 0.717) is 0 Å². The summed E-state index contributed by atoms with van der Waals surface area (Å²) in [6.07, 6.45) is 30.9. The van der Waals surface area contributed by atoms with Crippen LogP contribution < -0.4 is 0 Å². The third kappa shape index (κ3) is 10.8. The average molecular weight is 665 g/mol. The largest absolute Gasteiger partial charge is 0.254 e. The first-order valence-corrected chi connectivity index (χ1v) is 21.1. The molecule has 2 heteroatoms. The third-order valence-electron chi connectivity index (χ3n) is 11.5. The normalized spacial score (nSPS) is 13.2. The molecule has 0 bridgehead atoms. The zero-order valence-corrected chi connectivity index (χ0v) is 32.8. The molecule has 2 aromatic carbocycles. The molecule has 0 amide bonds. The van der Waals surface area contributed by atoms with E-state index in [-0.39, 0.29) is 5.41 Å². The number of benzene rings is 2. The Hall–Kier alpha value is -2.48. The Balaban J connectivity index is 1.75. The quantitative estimate of drug-likeness (QED) is 0.0842. The first-order valence-electron chi connectivity index (χ1n) is 21.1. The molecular formula is C47H72N2. The molecular weight excluding hydrogens is 593 g/mol. The lowest BCUT2D eigenvalue weighted by Gasteiger charge is -2.33. The standard InChI is InChI=1S/C47H72N2/c1-7-11-15-19-21-25-33-47(34-26-22-20-16-12-8-2)42-35-37(5)29-31-40(42)41-32-30-39(36-43(41)47)46-45(28-24-18-14-10-4)49-44(38(6)48-46)27-23-17-13-9-3/h29-32,35-36H,7-28,33-34H2,1-6H3. The fraction of sp³-hybridized carbons (Fsp3) is 0.660. The van der Waals surface area contributed by atoms with Crippen LogP contribution in [0.25, 0.3) is 22.4 Å². The van der Waals surface area contributed by atoms with Crippen LogP contribution in [0.2, 0.25) is 0 Å². The van der Waals surface area contributed by atoms with Gasteiger partial charge in [0.25, 0.3) is 0 Å². The van der Waals surface area contributed by atoms with Crippen LogP contribution in [0.4, 0.5) is 0 Å². The lowest BCUT2D eigenvalue weighted by atomic mass is 9.70. The van der Waals surface area contributed by atoms with Gasteiger partial charge < -0.3 is 0 Å². The maximum atomic E-state index is 5.43. The minimum Gasteiger partial charge on any atom is -0.254 e. The summed E-state index contributed by atoms with van der Waals surface area (Å²) in [5.41, 5.74) is 13.6. The van der Waals surface area contributed by atoms with Crippen LogP contribution >= 0.6 is 0 Å². The minimum absolute atomic E-state index is 0.0885. The summed E-state index contributed by atoms with van der Waals surface area (Å²) >= 11 is 0. The van der Waals surface area contributed by atoms with Gasteiger partial charge >= 0.3 is 0 Å². The highest BCUT2D eigenvalue weighted by molar-refractivity contribution is 5.84. The van der Waals surface area contributed by atoms with E-state index in [2.05, 4.69) is 77.9 Å². The van der Waals surface area contributed by atoms with Gasteiger partial charge in [0, 0.05) is 11.0 Å².